The lowest BCUT2D eigenvalue weighted by Crippen LogP contribution is -2.26. The largest absolute Gasteiger partial charge is 0.497 e. The van der Waals surface area contributed by atoms with Crippen LogP contribution in [-0.4, -0.2) is 31.1 Å². The van der Waals surface area contributed by atoms with Gasteiger partial charge in [0.25, 0.3) is 0 Å². The first-order chi connectivity index (χ1) is 8.04. The van der Waals surface area contributed by atoms with E-state index in [1.807, 2.05) is 0 Å². The van der Waals surface area contributed by atoms with Gasteiger partial charge in [0, 0.05) is 19.2 Å². The Morgan fingerprint density at radius 1 is 1.24 bits per heavy atom. The number of carboxylic acids is 1. The molecule has 1 rings (SSSR count). The number of amides is 1. The molecule has 0 radical (unpaired) electrons. The predicted molar refractivity (Wildman–Crippen MR) is 63.3 cm³/mol. The van der Waals surface area contributed by atoms with E-state index in [2.05, 4.69) is 0 Å². The maximum absolute atomic E-state index is 11.6. The Balaban J connectivity index is 2.64. The van der Waals surface area contributed by atoms with E-state index in [4.69, 9.17) is 9.84 Å². The number of rotatable bonds is 5. The monoisotopic (exact) mass is 237 g/mol. The number of methoxy groups -OCH3 is 1. The first-order valence-corrected chi connectivity index (χ1v) is 5.17. The van der Waals surface area contributed by atoms with E-state index < -0.39 is 5.97 Å². The zero-order valence-electron chi connectivity index (χ0n) is 9.84. The second kappa shape index (κ2) is 5.89. The summed E-state index contributed by atoms with van der Waals surface area (Å²) in [6.45, 7) is 0. The number of aliphatic carboxylic acids is 1. The minimum atomic E-state index is -0.971. The quantitative estimate of drug-likeness (QED) is 0.843. The highest BCUT2D eigenvalue weighted by atomic mass is 16.5. The van der Waals surface area contributed by atoms with Gasteiger partial charge in [-0.05, 0) is 24.3 Å². The predicted octanol–water partition coefficient (Wildman–Crippen LogP) is 1.52. The first kappa shape index (κ1) is 13.0. The molecule has 17 heavy (non-hydrogen) atoms. The Morgan fingerprint density at radius 3 is 2.29 bits per heavy atom. The Labute approximate surface area is 99.6 Å². The highest BCUT2D eigenvalue weighted by molar-refractivity contribution is 5.94. The summed E-state index contributed by atoms with van der Waals surface area (Å²) in [5.41, 5.74) is 0.709. The molecule has 0 aromatic heterocycles. The zero-order valence-corrected chi connectivity index (χ0v) is 9.84. The maximum atomic E-state index is 11.6. The molecule has 92 valence electrons. The number of ether oxygens (including phenoxy) is 1. The van der Waals surface area contributed by atoms with E-state index >= 15 is 0 Å². The zero-order chi connectivity index (χ0) is 12.8. The summed E-state index contributed by atoms with van der Waals surface area (Å²) < 4.78 is 5.01. The molecule has 0 bridgehead atoms. The molecule has 0 spiro atoms. The standard InChI is InChI=1S/C12H15NO4/c1-13(11(14)7-8-12(15)16)9-3-5-10(17-2)6-4-9/h3-6H,7-8H2,1-2H3,(H,15,16). The van der Waals surface area contributed by atoms with Crippen LogP contribution in [0.5, 0.6) is 5.75 Å². The van der Waals surface area contributed by atoms with Crippen LogP contribution in [0.15, 0.2) is 24.3 Å². The fraction of sp³-hybridized carbons (Fsp3) is 0.333. The van der Waals surface area contributed by atoms with Gasteiger partial charge in [0.1, 0.15) is 5.75 Å². The van der Waals surface area contributed by atoms with Crippen LogP contribution in [0.25, 0.3) is 0 Å². The molecule has 1 aromatic rings. The van der Waals surface area contributed by atoms with Gasteiger partial charge in [-0.3, -0.25) is 9.59 Å². The van der Waals surface area contributed by atoms with Gasteiger partial charge in [-0.1, -0.05) is 0 Å². The SMILES string of the molecule is COc1ccc(N(C)C(=O)CCC(=O)O)cc1. The van der Waals surface area contributed by atoms with Crippen LogP contribution in [0.1, 0.15) is 12.8 Å². The molecular formula is C12H15NO4. The minimum Gasteiger partial charge on any atom is -0.497 e. The number of carbonyl (C=O) groups excluding carboxylic acids is 1. The van der Waals surface area contributed by atoms with Gasteiger partial charge in [0.15, 0.2) is 0 Å². The Morgan fingerprint density at radius 2 is 1.82 bits per heavy atom. The number of carboxylic acid groups (broad SMARTS) is 1. The molecule has 0 aliphatic rings. The van der Waals surface area contributed by atoms with Crippen LogP contribution in [0.2, 0.25) is 0 Å². The van der Waals surface area contributed by atoms with E-state index in [9.17, 15) is 9.59 Å². The average molecular weight is 237 g/mol. The highest BCUT2D eigenvalue weighted by Gasteiger charge is 2.12. The van der Waals surface area contributed by atoms with Crippen molar-refractivity contribution >= 4 is 17.6 Å². The van der Waals surface area contributed by atoms with Crippen molar-refractivity contribution in [1.82, 2.24) is 0 Å². The van der Waals surface area contributed by atoms with Crippen LogP contribution in [0, 0.1) is 0 Å². The number of anilines is 1. The molecule has 1 N–H and O–H groups in total. The second-order valence-corrected chi connectivity index (χ2v) is 3.54. The topological polar surface area (TPSA) is 66.8 Å². The molecule has 0 aliphatic carbocycles. The van der Waals surface area contributed by atoms with Crippen molar-refractivity contribution in [1.29, 1.82) is 0 Å². The summed E-state index contributed by atoms with van der Waals surface area (Å²) in [4.78, 5) is 23.4. The van der Waals surface area contributed by atoms with Gasteiger partial charge in [-0.25, -0.2) is 0 Å². The van der Waals surface area contributed by atoms with Crippen molar-refractivity contribution in [2.75, 3.05) is 19.1 Å². The highest BCUT2D eigenvalue weighted by Crippen LogP contribution is 2.18. The Kier molecular flexibility index (Phi) is 4.51. The molecule has 5 heteroatoms. The summed E-state index contributed by atoms with van der Waals surface area (Å²) in [6, 6.07) is 6.99. The van der Waals surface area contributed by atoms with Crippen LogP contribution in [0.4, 0.5) is 5.69 Å². The number of benzene rings is 1. The number of hydrogen-bond acceptors (Lipinski definition) is 3. The van der Waals surface area contributed by atoms with Gasteiger partial charge >= 0.3 is 5.97 Å². The van der Waals surface area contributed by atoms with Gasteiger partial charge in [0.2, 0.25) is 5.91 Å². The molecule has 0 unspecified atom stereocenters. The van der Waals surface area contributed by atoms with Crippen LogP contribution in [0.3, 0.4) is 0 Å². The lowest BCUT2D eigenvalue weighted by Gasteiger charge is -2.17. The van der Waals surface area contributed by atoms with E-state index in [1.54, 1.807) is 38.4 Å². The van der Waals surface area contributed by atoms with E-state index in [0.717, 1.165) is 0 Å². The normalized spacial score (nSPS) is 9.76. The fourth-order valence-corrected chi connectivity index (χ4v) is 1.33. The Hall–Kier alpha value is -2.04. The van der Waals surface area contributed by atoms with Crippen molar-refractivity contribution in [2.24, 2.45) is 0 Å². The molecule has 0 atom stereocenters. The molecule has 1 amide bonds. The molecule has 0 aliphatic heterocycles. The maximum Gasteiger partial charge on any atom is 0.303 e. The third-order valence-electron chi connectivity index (χ3n) is 2.39. The van der Waals surface area contributed by atoms with Crippen LogP contribution in [-0.2, 0) is 9.59 Å². The van der Waals surface area contributed by atoms with Crippen molar-refractivity contribution in [3.05, 3.63) is 24.3 Å². The Bertz CT molecular complexity index is 399. The summed E-state index contributed by atoms with van der Waals surface area (Å²) in [5.74, 6) is -0.487. The van der Waals surface area contributed by atoms with Gasteiger partial charge in [-0.15, -0.1) is 0 Å². The summed E-state index contributed by atoms with van der Waals surface area (Å²) in [6.07, 6.45) is -0.156. The molecule has 5 nitrogen and oxygen atoms in total. The van der Waals surface area contributed by atoms with Gasteiger partial charge in [-0.2, -0.15) is 0 Å². The second-order valence-electron chi connectivity index (χ2n) is 3.54. The molecule has 1 aromatic carbocycles. The average Bonchev–Trinajstić information content (AvgIpc) is 2.35. The first-order valence-electron chi connectivity index (χ1n) is 5.17. The third kappa shape index (κ3) is 3.79. The van der Waals surface area contributed by atoms with Gasteiger partial charge in [0.05, 0.1) is 13.5 Å². The fourth-order valence-electron chi connectivity index (χ4n) is 1.33. The molecule has 0 heterocycles. The molecular weight excluding hydrogens is 222 g/mol. The van der Waals surface area contributed by atoms with E-state index in [0.29, 0.717) is 11.4 Å². The van der Waals surface area contributed by atoms with Crippen molar-refractivity contribution in [3.63, 3.8) is 0 Å². The van der Waals surface area contributed by atoms with Crippen molar-refractivity contribution < 1.29 is 19.4 Å². The number of hydrogen-bond donors (Lipinski definition) is 1. The molecule has 0 saturated heterocycles. The number of carbonyl (C=O) groups is 2. The smallest absolute Gasteiger partial charge is 0.303 e. The molecule has 0 saturated carbocycles. The number of nitrogens with zero attached hydrogens (tertiary/aromatic N) is 1. The summed E-state index contributed by atoms with van der Waals surface area (Å²) in [5, 5.41) is 8.50. The van der Waals surface area contributed by atoms with Crippen LogP contribution < -0.4 is 9.64 Å². The van der Waals surface area contributed by atoms with E-state index in [-0.39, 0.29) is 18.7 Å². The lowest BCUT2D eigenvalue weighted by atomic mass is 10.2. The summed E-state index contributed by atoms with van der Waals surface area (Å²) >= 11 is 0. The van der Waals surface area contributed by atoms with Crippen molar-refractivity contribution in [2.45, 2.75) is 12.8 Å². The minimum absolute atomic E-state index is 0.00212. The van der Waals surface area contributed by atoms with E-state index in [1.165, 1.54) is 4.90 Å². The van der Waals surface area contributed by atoms with Gasteiger partial charge < -0.3 is 14.7 Å². The van der Waals surface area contributed by atoms with Crippen LogP contribution >= 0.6 is 0 Å². The third-order valence-corrected chi connectivity index (χ3v) is 2.39. The summed E-state index contributed by atoms with van der Waals surface area (Å²) in [7, 11) is 3.18. The molecule has 0 fully saturated rings. The lowest BCUT2D eigenvalue weighted by molar-refractivity contribution is -0.138. The van der Waals surface area contributed by atoms with Crippen molar-refractivity contribution in [3.8, 4) is 5.75 Å².